The lowest BCUT2D eigenvalue weighted by atomic mass is 10.0. The first-order valence-corrected chi connectivity index (χ1v) is 23.7. The normalized spacial score (nSPS) is 15.3. The summed E-state index contributed by atoms with van der Waals surface area (Å²) in [5.74, 6) is -1.60. The highest BCUT2D eigenvalue weighted by atomic mass is 16.6. The van der Waals surface area contributed by atoms with E-state index >= 15 is 0 Å². The van der Waals surface area contributed by atoms with E-state index in [2.05, 4.69) is 26.3 Å². The Morgan fingerprint density at radius 1 is 0.859 bits per heavy atom. The van der Waals surface area contributed by atoms with Gasteiger partial charge in [-0.15, -0.1) is 0 Å². The van der Waals surface area contributed by atoms with Gasteiger partial charge in [0.05, 0.1) is 108 Å². The molecule has 3 aromatic rings. The minimum atomic E-state index is -1.03. The first kappa shape index (κ1) is 53.6. The van der Waals surface area contributed by atoms with Gasteiger partial charge in [0.1, 0.15) is 23.4 Å². The van der Waals surface area contributed by atoms with Crippen molar-refractivity contribution in [3.63, 3.8) is 0 Å². The summed E-state index contributed by atoms with van der Waals surface area (Å²) in [6.45, 7) is 11.0. The fourth-order valence-corrected chi connectivity index (χ4v) is 7.82. The highest BCUT2D eigenvalue weighted by Crippen LogP contribution is 2.34. The van der Waals surface area contributed by atoms with Crippen LogP contribution in [0.4, 0.5) is 17.3 Å². The molecule has 3 aliphatic rings. The molecule has 0 bridgehead atoms. The van der Waals surface area contributed by atoms with Crippen LogP contribution in [-0.2, 0) is 51.2 Å². The smallest absolute Gasteiger partial charge is 0.264 e. The van der Waals surface area contributed by atoms with Crippen molar-refractivity contribution in [2.45, 2.75) is 58.8 Å². The molecule has 23 nitrogen and oxygen atoms in total. The molecule has 1 fully saturated rings. The summed E-state index contributed by atoms with van der Waals surface area (Å²) in [5, 5.41) is 27.4. The number of anilines is 3. The number of benzene rings is 1. The minimum Gasteiger partial charge on any atom is -0.382 e. The quantitative estimate of drug-likeness (QED) is 0.0239. The molecular weight excluding hydrogens is 921 g/mol. The van der Waals surface area contributed by atoms with Gasteiger partial charge < -0.3 is 49.4 Å². The molecule has 2 aromatic heterocycles. The van der Waals surface area contributed by atoms with Crippen LogP contribution in [0.3, 0.4) is 0 Å². The van der Waals surface area contributed by atoms with Crippen molar-refractivity contribution in [3.8, 4) is 0 Å². The van der Waals surface area contributed by atoms with E-state index in [4.69, 9.17) is 39.5 Å². The van der Waals surface area contributed by atoms with E-state index in [9.17, 15) is 28.8 Å². The molecule has 1 aromatic carbocycles. The van der Waals surface area contributed by atoms with Gasteiger partial charge in [0.15, 0.2) is 5.84 Å². The van der Waals surface area contributed by atoms with Crippen LogP contribution >= 0.6 is 0 Å². The molecule has 1 saturated heterocycles. The maximum Gasteiger partial charge on any atom is 0.264 e. The summed E-state index contributed by atoms with van der Waals surface area (Å²) < 4.78 is 27.8. The number of piperidine rings is 1. The minimum absolute atomic E-state index is 0.0237. The van der Waals surface area contributed by atoms with Crippen LogP contribution in [0, 0.1) is 10.8 Å². The van der Waals surface area contributed by atoms with Gasteiger partial charge >= 0.3 is 0 Å². The molecule has 0 radical (unpaired) electrons. The number of nitrogens with zero attached hydrogens (tertiary/aromatic N) is 6. The van der Waals surface area contributed by atoms with Crippen LogP contribution in [-0.4, -0.2) is 179 Å². The molecule has 3 aliphatic heterocycles. The van der Waals surface area contributed by atoms with Gasteiger partial charge in [-0.2, -0.15) is 0 Å². The number of rotatable bonds is 30. The van der Waals surface area contributed by atoms with Gasteiger partial charge in [-0.1, -0.05) is 12.1 Å². The van der Waals surface area contributed by atoms with Gasteiger partial charge in [0, 0.05) is 56.9 Å². The summed E-state index contributed by atoms with van der Waals surface area (Å²) in [6.07, 6.45) is 1.21. The fourth-order valence-electron chi connectivity index (χ4n) is 7.82. The van der Waals surface area contributed by atoms with E-state index in [0.29, 0.717) is 120 Å². The Labute approximate surface area is 412 Å². The number of carbonyl (C=O) groups is 6. The number of pyridine rings is 2. The highest BCUT2D eigenvalue weighted by Gasteiger charge is 2.45. The predicted molar refractivity (Wildman–Crippen MR) is 261 cm³/mol. The highest BCUT2D eigenvalue weighted by molar-refractivity contribution is 6.25. The van der Waals surface area contributed by atoms with E-state index in [-0.39, 0.29) is 67.3 Å². The van der Waals surface area contributed by atoms with E-state index in [0.717, 1.165) is 16.8 Å². The average Bonchev–Trinajstić information content (AvgIpc) is 3.83. The molecule has 0 spiro atoms. The Morgan fingerprint density at radius 3 is 2.14 bits per heavy atom. The molecular formula is C48H64N12O11. The van der Waals surface area contributed by atoms with Crippen molar-refractivity contribution in [1.29, 1.82) is 10.8 Å². The number of hydrogen-bond donors (Lipinski definition) is 6. The van der Waals surface area contributed by atoms with E-state index in [1.807, 2.05) is 32.7 Å². The second kappa shape index (κ2) is 26.4. The van der Waals surface area contributed by atoms with E-state index in [1.54, 1.807) is 47.4 Å². The van der Waals surface area contributed by atoms with E-state index < -0.39 is 29.7 Å². The third-order valence-electron chi connectivity index (χ3n) is 11.8. The summed E-state index contributed by atoms with van der Waals surface area (Å²) in [4.78, 5) is 92.1. The van der Waals surface area contributed by atoms with Crippen LogP contribution in [0.1, 0.15) is 81.6 Å². The van der Waals surface area contributed by atoms with Crippen LogP contribution in [0.2, 0.25) is 0 Å². The average molecular weight is 985 g/mol. The van der Waals surface area contributed by atoms with Crippen LogP contribution in [0.25, 0.3) is 0 Å². The molecule has 5 heterocycles. The maximum atomic E-state index is 13.8. The second-order valence-corrected chi connectivity index (χ2v) is 16.8. The third kappa shape index (κ3) is 14.0. The van der Waals surface area contributed by atoms with E-state index in [1.165, 1.54) is 4.90 Å². The van der Waals surface area contributed by atoms with Crippen LogP contribution < -0.4 is 31.1 Å². The number of nitrogens with one attached hydrogen (secondary N) is 6. The van der Waals surface area contributed by atoms with Crippen molar-refractivity contribution in [2.75, 3.05) is 114 Å². The number of aromatic nitrogens is 2. The molecule has 0 saturated carbocycles. The molecule has 382 valence electrons. The molecule has 71 heavy (non-hydrogen) atoms. The SMILES string of the molecule is CCN(C=N)C(=N)c1cccc(N2Cc3c(cc(N(C)C(C)C)nc3CNCC(=O)NCCOCCOCCOCCOCCOCCNc3cccc4c3C(=O)N(C3CCC(=O)NC3=O)C4=O)C2=O)n1. The lowest BCUT2D eigenvalue weighted by molar-refractivity contribution is -0.136. The van der Waals surface area contributed by atoms with Crippen molar-refractivity contribution in [1.82, 2.24) is 35.7 Å². The number of imide groups is 2. The van der Waals surface area contributed by atoms with Crippen LogP contribution in [0.15, 0.2) is 42.5 Å². The molecule has 23 heteroatoms. The zero-order chi connectivity index (χ0) is 50.9. The zero-order valence-corrected chi connectivity index (χ0v) is 40.7. The Balaban J connectivity index is 0.776. The number of hydrogen-bond acceptors (Lipinski definition) is 18. The number of amidine groups is 1. The van der Waals surface area contributed by atoms with Crippen molar-refractivity contribution in [3.05, 3.63) is 76.1 Å². The molecule has 1 unspecified atom stereocenters. The third-order valence-corrected chi connectivity index (χ3v) is 11.8. The van der Waals surface area contributed by atoms with Gasteiger partial charge in [-0.3, -0.25) is 54.7 Å². The number of carbonyl (C=O) groups excluding carboxylic acids is 6. The predicted octanol–water partition coefficient (Wildman–Crippen LogP) is 1.54. The van der Waals surface area contributed by atoms with Gasteiger partial charge in [0.25, 0.3) is 17.7 Å². The molecule has 6 rings (SSSR count). The van der Waals surface area contributed by atoms with Crippen molar-refractivity contribution >= 4 is 64.9 Å². The Bertz CT molecular complexity index is 2420. The standard InChI is InChI=1S/C48H64N12O11/c1-5-58(30-49)44(50)36-10-7-11-39(54-36)59-29-34-33(46(59)64)26-40(57(4)31(2)3)55-37(34)27-51-28-42(62)53-15-17-68-19-21-70-23-25-71-24-22-69-20-18-67-16-14-52-35-9-6-8-32-43(35)48(66)60(47(32)65)38-12-13-41(61)56-45(38)63/h6-11,26,30-31,38,49-52H,5,12-25,27-29H2,1-4H3,(H,53,62)(H,56,61,63). The van der Waals surface area contributed by atoms with Gasteiger partial charge in [-0.25, -0.2) is 9.97 Å². The molecule has 1 atom stereocenters. The maximum absolute atomic E-state index is 13.8. The van der Waals surface area contributed by atoms with Gasteiger partial charge in [0.2, 0.25) is 17.7 Å². The first-order chi connectivity index (χ1) is 34.3. The molecule has 6 amide bonds. The lowest BCUT2D eigenvalue weighted by Gasteiger charge is -2.27. The molecule has 6 N–H and O–H groups in total. The summed E-state index contributed by atoms with van der Waals surface area (Å²) >= 11 is 0. The summed E-state index contributed by atoms with van der Waals surface area (Å²) in [7, 11) is 1.91. The van der Waals surface area contributed by atoms with Crippen molar-refractivity contribution in [2.24, 2.45) is 0 Å². The number of fused-ring (bicyclic) bond motifs is 2. The fraction of sp³-hybridized carbons (Fsp3) is 0.500. The summed E-state index contributed by atoms with van der Waals surface area (Å²) in [6, 6.07) is 10.9. The number of amides is 6. The Hall–Kier alpha value is -6.76. The largest absolute Gasteiger partial charge is 0.382 e. The number of ether oxygens (including phenoxy) is 5. The summed E-state index contributed by atoms with van der Waals surface area (Å²) in [5.41, 5.74) is 3.08. The lowest BCUT2D eigenvalue weighted by Crippen LogP contribution is -2.54. The first-order valence-electron chi connectivity index (χ1n) is 23.7. The Morgan fingerprint density at radius 2 is 1.51 bits per heavy atom. The topological polar surface area (TPSA) is 283 Å². The molecule has 0 aliphatic carbocycles. The van der Waals surface area contributed by atoms with Crippen molar-refractivity contribution < 1.29 is 52.5 Å². The second-order valence-electron chi connectivity index (χ2n) is 16.8. The zero-order valence-electron chi connectivity index (χ0n) is 40.7. The monoisotopic (exact) mass is 984 g/mol. The van der Waals surface area contributed by atoms with Crippen LogP contribution in [0.5, 0.6) is 0 Å². The van der Waals surface area contributed by atoms with Gasteiger partial charge in [-0.05, 0) is 57.5 Å². The Kier molecular flexibility index (Phi) is 20.0.